The van der Waals surface area contributed by atoms with Gasteiger partial charge in [0, 0.05) is 37.9 Å². The molecular formula is C20H23N5. The predicted octanol–water partition coefficient (Wildman–Crippen LogP) is 3.20. The summed E-state index contributed by atoms with van der Waals surface area (Å²) < 4.78 is 0. The molecule has 1 aliphatic carbocycles. The van der Waals surface area contributed by atoms with E-state index in [2.05, 4.69) is 61.1 Å². The van der Waals surface area contributed by atoms with Gasteiger partial charge in [-0.15, -0.1) is 0 Å². The molecule has 2 aliphatic rings. The van der Waals surface area contributed by atoms with Crippen molar-refractivity contribution in [2.24, 2.45) is 0 Å². The summed E-state index contributed by atoms with van der Waals surface area (Å²) in [5, 5.41) is 1.13. The number of hydrogen-bond acceptors (Lipinski definition) is 4. The minimum absolute atomic E-state index is 0.319. The van der Waals surface area contributed by atoms with E-state index in [0.29, 0.717) is 5.54 Å². The van der Waals surface area contributed by atoms with Gasteiger partial charge in [-0.2, -0.15) is 0 Å². The topological polar surface area (TPSA) is 48.1 Å². The molecule has 5 rings (SSSR count). The van der Waals surface area contributed by atoms with Crippen molar-refractivity contribution < 1.29 is 0 Å². The Morgan fingerprint density at radius 2 is 1.92 bits per heavy atom. The molecule has 1 spiro atoms. The lowest BCUT2D eigenvalue weighted by Gasteiger charge is -2.32. The lowest BCUT2D eigenvalue weighted by Crippen LogP contribution is -2.43. The number of fused-ring (bicyclic) bond motifs is 1. The maximum Gasteiger partial charge on any atom is 0.142 e. The maximum absolute atomic E-state index is 4.62. The van der Waals surface area contributed by atoms with Crippen LogP contribution in [0.4, 0.5) is 5.82 Å². The van der Waals surface area contributed by atoms with E-state index in [-0.39, 0.29) is 0 Å². The number of hydrogen-bond donors (Lipinski definition) is 1. The normalized spacial score (nSPS) is 20.1. The number of aromatic amines is 1. The molecule has 1 aromatic carbocycles. The molecule has 1 saturated carbocycles. The van der Waals surface area contributed by atoms with E-state index in [9.17, 15) is 0 Å². The minimum Gasteiger partial charge on any atom is -0.354 e. The Hall–Kier alpha value is -2.40. The number of benzene rings is 1. The molecule has 1 aliphatic heterocycles. The van der Waals surface area contributed by atoms with Gasteiger partial charge in [0.15, 0.2) is 0 Å². The van der Waals surface area contributed by atoms with E-state index >= 15 is 0 Å². The Morgan fingerprint density at radius 1 is 1.04 bits per heavy atom. The van der Waals surface area contributed by atoms with Crippen molar-refractivity contribution in [3.05, 3.63) is 54.5 Å². The van der Waals surface area contributed by atoms with Gasteiger partial charge in [-0.25, -0.2) is 9.97 Å². The first-order valence-corrected chi connectivity index (χ1v) is 9.16. The van der Waals surface area contributed by atoms with E-state index in [0.717, 1.165) is 43.0 Å². The average molecular weight is 333 g/mol. The van der Waals surface area contributed by atoms with Gasteiger partial charge < -0.3 is 9.88 Å². The summed E-state index contributed by atoms with van der Waals surface area (Å²) >= 11 is 0. The highest BCUT2D eigenvalue weighted by Crippen LogP contribution is 2.45. The molecule has 0 bridgehead atoms. The second kappa shape index (κ2) is 5.85. The van der Waals surface area contributed by atoms with E-state index in [1.807, 2.05) is 6.20 Å². The summed E-state index contributed by atoms with van der Waals surface area (Å²) in [6.07, 6.45) is 7.38. The average Bonchev–Trinajstić information content (AvgIpc) is 3.31. The molecule has 0 unspecified atom stereocenters. The summed E-state index contributed by atoms with van der Waals surface area (Å²) in [5.41, 5.74) is 2.66. The van der Waals surface area contributed by atoms with Crippen molar-refractivity contribution >= 4 is 16.9 Å². The van der Waals surface area contributed by atoms with Crippen LogP contribution in [0.5, 0.6) is 0 Å². The predicted molar refractivity (Wildman–Crippen MR) is 99.5 cm³/mol. The molecule has 5 nitrogen and oxygen atoms in total. The SMILES string of the molecule is c1ccc(CN2CCCN(c3ncnc4[nH]ccc34)CC23CC3)cc1. The van der Waals surface area contributed by atoms with Crippen LogP contribution in [-0.4, -0.2) is 45.0 Å². The van der Waals surface area contributed by atoms with Crippen LogP contribution < -0.4 is 4.90 Å². The van der Waals surface area contributed by atoms with Crippen molar-refractivity contribution in [1.29, 1.82) is 0 Å². The number of anilines is 1. The Labute approximate surface area is 147 Å². The molecule has 25 heavy (non-hydrogen) atoms. The monoisotopic (exact) mass is 333 g/mol. The Kier molecular flexibility index (Phi) is 3.48. The van der Waals surface area contributed by atoms with Crippen molar-refractivity contribution in [3.8, 4) is 0 Å². The van der Waals surface area contributed by atoms with Crippen LogP contribution in [0.3, 0.4) is 0 Å². The highest BCUT2D eigenvalue weighted by atomic mass is 15.3. The number of rotatable bonds is 3. The third-order valence-corrected chi connectivity index (χ3v) is 5.69. The largest absolute Gasteiger partial charge is 0.354 e. The smallest absolute Gasteiger partial charge is 0.142 e. The maximum atomic E-state index is 4.62. The first-order chi connectivity index (χ1) is 12.3. The molecule has 2 aromatic heterocycles. The third kappa shape index (κ3) is 2.68. The van der Waals surface area contributed by atoms with Crippen LogP contribution in [0.1, 0.15) is 24.8 Å². The number of aromatic nitrogens is 3. The molecule has 0 atom stereocenters. The molecule has 128 valence electrons. The summed E-state index contributed by atoms with van der Waals surface area (Å²) in [6.45, 7) is 4.34. The van der Waals surface area contributed by atoms with Crippen molar-refractivity contribution in [2.45, 2.75) is 31.3 Å². The highest BCUT2D eigenvalue weighted by molar-refractivity contribution is 5.87. The first kappa shape index (κ1) is 14.9. The standard InChI is InChI=1S/C20H23N5/c1-2-5-16(6-3-1)13-25-12-4-11-24(14-20(25)8-9-20)19-17-7-10-21-18(17)22-15-23-19/h1-3,5-7,10,15H,4,8-9,11-14H2,(H,21,22,23). The molecule has 0 radical (unpaired) electrons. The lowest BCUT2D eigenvalue weighted by molar-refractivity contribution is 0.183. The number of nitrogens with zero attached hydrogens (tertiary/aromatic N) is 4. The van der Waals surface area contributed by atoms with Crippen molar-refractivity contribution in [1.82, 2.24) is 19.9 Å². The Morgan fingerprint density at radius 3 is 2.76 bits per heavy atom. The van der Waals surface area contributed by atoms with Gasteiger partial charge in [-0.1, -0.05) is 30.3 Å². The fourth-order valence-electron chi connectivity index (χ4n) is 4.18. The highest BCUT2D eigenvalue weighted by Gasteiger charge is 2.50. The molecule has 2 fully saturated rings. The van der Waals surface area contributed by atoms with Crippen molar-refractivity contribution in [3.63, 3.8) is 0 Å². The van der Waals surface area contributed by atoms with E-state index in [1.165, 1.54) is 24.8 Å². The van der Waals surface area contributed by atoms with Crippen LogP contribution in [0.25, 0.3) is 11.0 Å². The zero-order valence-electron chi connectivity index (χ0n) is 14.4. The van der Waals surface area contributed by atoms with E-state index < -0.39 is 0 Å². The van der Waals surface area contributed by atoms with E-state index in [4.69, 9.17) is 0 Å². The summed E-state index contributed by atoms with van der Waals surface area (Å²) in [7, 11) is 0. The number of H-pyrrole nitrogens is 1. The minimum atomic E-state index is 0.319. The molecule has 1 saturated heterocycles. The number of nitrogens with one attached hydrogen (secondary N) is 1. The van der Waals surface area contributed by atoms with Crippen molar-refractivity contribution in [2.75, 3.05) is 24.5 Å². The van der Waals surface area contributed by atoms with Gasteiger partial charge in [0.1, 0.15) is 17.8 Å². The third-order valence-electron chi connectivity index (χ3n) is 5.69. The Balaban J connectivity index is 1.42. The second-order valence-corrected chi connectivity index (χ2v) is 7.34. The first-order valence-electron chi connectivity index (χ1n) is 9.16. The lowest BCUT2D eigenvalue weighted by atomic mass is 10.1. The fraction of sp³-hybridized carbons (Fsp3) is 0.400. The Bertz CT molecular complexity index is 868. The van der Waals surface area contributed by atoms with Gasteiger partial charge in [0.05, 0.1) is 5.39 Å². The second-order valence-electron chi connectivity index (χ2n) is 7.34. The fourth-order valence-corrected chi connectivity index (χ4v) is 4.18. The van der Waals surface area contributed by atoms with Gasteiger partial charge in [0.25, 0.3) is 0 Å². The zero-order valence-corrected chi connectivity index (χ0v) is 14.4. The van der Waals surface area contributed by atoms with Gasteiger partial charge in [-0.3, -0.25) is 4.90 Å². The quantitative estimate of drug-likeness (QED) is 0.800. The van der Waals surface area contributed by atoms with Crippen LogP contribution in [0, 0.1) is 0 Å². The van der Waals surface area contributed by atoms with Crippen LogP contribution in [0.2, 0.25) is 0 Å². The summed E-state index contributed by atoms with van der Waals surface area (Å²) in [6, 6.07) is 13.0. The molecule has 3 aromatic rings. The van der Waals surface area contributed by atoms with Crippen LogP contribution in [-0.2, 0) is 6.54 Å². The molecule has 1 N–H and O–H groups in total. The summed E-state index contributed by atoms with van der Waals surface area (Å²) in [5.74, 6) is 1.08. The molecule has 5 heteroatoms. The molecular weight excluding hydrogens is 310 g/mol. The zero-order chi connectivity index (χ0) is 16.7. The molecule has 3 heterocycles. The summed E-state index contributed by atoms with van der Waals surface area (Å²) in [4.78, 5) is 17.4. The van der Waals surface area contributed by atoms with E-state index in [1.54, 1.807) is 6.33 Å². The van der Waals surface area contributed by atoms with Gasteiger partial charge >= 0.3 is 0 Å². The molecule has 0 amide bonds. The van der Waals surface area contributed by atoms with Gasteiger partial charge in [-0.05, 0) is 30.9 Å². The van der Waals surface area contributed by atoms with Crippen LogP contribution >= 0.6 is 0 Å². The van der Waals surface area contributed by atoms with Crippen LogP contribution in [0.15, 0.2) is 48.9 Å². The van der Waals surface area contributed by atoms with Gasteiger partial charge in [0.2, 0.25) is 0 Å².